The summed E-state index contributed by atoms with van der Waals surface area (Å²) in [5.41, 5.74) is 6.37. The maximum atomic E-state index is 10.7. The van der Waals surface area contributed by atoms with E-state index in [0.29, 0.717) is 6.54 Å². The maximum Gasteiger partial charge on any atom is 0.231 e. The average molecular weight is 276 g/mol. The number of ether oxygens (including phenoxy) is 1. The molecule has 110 valence electrons. The number of unbranched alkanes of at least 4 members (excludes halogenated alkanes) is 1. The van der Waals surface area contributed by atoms with Gasteiger partial charge in [-0.15, -0.1) is 0 Å². The summed E-state index contributed by atoms with van der Waals surface area (Å²) in [5, 5.41) is 0. The predicted octanol–water partition coefficient (Wildman–Crippen LogP) is 1.99. The van der Waals surface area contributed by atoms with E-state index in [0.717, 1.165) is 31.6 Å². The standard InChI is InChI=1S/C16H24N2O2/c1-18(13-16(17)19)12-8-4-3-5-9-14-10-6-7-11-15(14)20-2/h4,6-8,10-11H,3,5,9,12-13H2,1-2H3,(H2,17,19)/b8-4+. The van der Waals surface area contributed by atoms with Crippen molar-refractivity contribution in [2.75, 3.05) is 27.2 Å². The number of para-hydroxylation sites is 1. The molecule has 1 rings (SSSR count). The number of amides is 1. The Balaban J connectivity index is 2.23. The number of hydrogen-bond acceptors (Lipinski definition) is 3. The van der Waals surface area contributed by atoms with Crippen LogP contribution in [0.15, 0.2) is 36.4 Å². The smallest absolute Gasteiger partial charge is 0.231 e. The monoisotopic (exact) mass is 276 g/mol. The highest BCUT2D eigenvalue weighted by molar-refractivity contribution is 5.75. The van der Waals surface area contributed by atoms with E-state index in [1.807, 2.05) is 30.1 Å². The lowest BCUT2D eigenvalue weighted by molar-refractivity contribution is -0.118. The van der Waals surface area contributed by atoms with Gasteiger partial charge in [0.15, 0.2) is 0 Å². The SMILES string of the molecule is COc1ccccc1CCC/C=C/CN(C)CC(N)=O. The van der Waals surface area contributed by atoms with Crippen LogP contribution in [0, 0.1) is 0 Å². The average Bonchev–Trinajstić information content (AvgIpc) is 2.42. The second kappa shape index (κ2) is 9.15. The molecule has 0 aliphatic rings. The zero-order valence-electron chi connectivity index (χ0n) is 12.3. The Bertz CT molecular complexity index is 444. The molecule has 0 saturated carbocycles. The van der Waals surface area contributed by atoms with E-state index in [-0.39, 0.29) is 5.91 Å². The molecule has 1 aromatic carbocycles. The Morgan fingerprint density at radius 3 is 2.80 bits per heavy atom. The minimum absolute atomic E-state index is 0.294. The number of primary amides is 1. The van der Waals surface area contributed by atoms with Crippen LogP contribution in [-0.4, -0.2) is 38.1 Å². The molecular formula is C16H24N2O2. The summed E-state index contributed by atoms with van der Waals surface area (Å²) < 4.78 is 5.32. The van der Waals surface area contributed by atoms with E-state index in [1.54, 1.807) is 7.11 Å². The van der Waals surface area contributed by atoms with Crippen LogP contribution in [0.5, 0.6) is 5.75 Å². The van der Waals surface area contributed by atoms with Crippen molar-refractivity contribution >= 4 is 5.91 Å². The molecule has 0 spiro atoms. The molecule has 0 radical (unpaired) electrons. The highest BCUT2D eigenvalue weighted by atomic mass is 16.5. The van der Waals surface area contributed by atoms with Gasteiger partial charge < -0.3 is 10.5 Å². The van der Waals surface area contributed by atoms with Crippen molar-refractivity contribution in [2.45, 2.75) is 19.3 Å². The van der Waals surface area contributed by atoms with Gasteiger partial charge in [-0.3, -0.25) is 9.69 Å². The lowest BCUT2D eigenvalue weighted by Crippen LogP contribution is -2.30. The normalized spacial score (nSPS) is 11.2. The first kappa shape index (κ1) is 16.2. The first-order valence-electron chi connectivity index (χ1n) is 6.87. The maximum absolute atomic E-state index is 10.7. The summed E-state index contributed by atoms with van der Waals surface area (Å²) in [7, 11) is 3.58. The van der Waals surface area contributed by atoms with Crippen LogP contribution < -0.4 is 10.5 Å². The molecule has 0 aromatic heterocycles. The fraction of sp³-hybridized carbons (Fsp3) is 0.438. The molecule has 20 heavy (non-hydrogen) atoms. The fourth-order valence-corrected chi connectivity index (χ4v) is 2.02. The van der Waals surface area contributed by atoms with Gasteiger partial charge >= 0.3 is 0 Å². The summed E-state index contributed by atoms with van der Waals surface area (Å²) in [6.07, 6.45) is 7.32. The minimum Gasteiger partial charge on any atom is -0.496 e. The summed E-state index contributed by atoms with van der Waals surface area (Å²) in [5.74, 6) is 0.662. The van der Waals surface area contributed by atoms with E-state index < -0.39 is 0 Å². The van der Waals surface area contributed by atoms with Gasteiger partial charge in [-0.1, -0.05) is 30.4 Å². The number of hydrogen-bond donors (Lipinski definition) is 1. The Labute approximate surface area is 121 Å². The van der Waals surface area contributed by atoms with Gasteiger partial charge in [0.2, 0.25) is 5.91 Å². The van der Waals surface area contributed by atoms with Crippen molar-refractivity contribution in [3.8, 4) is 5.75 Å². The molecule has 0 bridgehead atoms. The van der Waals surface area contributed by atoms with Crippen LogP contribution in [0.1, 0.15) is 18.4 Å². The molecule has 2 N–H and O–H groups in total. The number of nitrogens with zero attached hydrogens (tertiary/aromatic N) is 1. The van der Waals surface area contributed by atoms with Gasteiger partial charge in [-0.05, 0) is 37.9 Å². The van der Waals surface area contributed by atoms with Gasteiger partial charge in [-0.2, -0.15) is 0 Å². The van der Waals surface area contributed by atoms with E-state index in [9.17, 15) is 4.79 Å². The van der Waals surface area contributed by atoms with Gasteiger partial charge in [0.05, 0.1) is 13.7 Å². The number of carbonyl (C=O) groups is 1. The van der Waals surface area contributed by atoms with Crippen molar-refractivity contribution in [1.82, 2.24) is 4.90 Å². The Morgan fingerprint density at radius 2 is 2.10 bits per heavy atom. The Kier molecular flexibility index (Phi) is 7.43. The number of nitrogens with two attached hydrogens (primary N) is 1. The number of methoxy groups -OCH3 is 1. The molecule has 4 nitrogen and oxygen atoms in total. The summed E-state index contributed by atoms with van der Waals surface area (Å²) >= 11 is 0. The predicted molar refractivity (Wildman–Crippen MR) is 81.8 cm³/mol. The largest absolute Gasteiger partial charge is 0.496 e. The zero-order valence-corrected chi connectivity index (χ0v) is 12.3. The Morgan fingerprint density at radius 1 is 1.35 bits per heavy atom. The van der Waals surface area contributed by atoms with Crippen LogP contribution in [-0.2, 0) is 11.2 Å². The van der Waals surface area contributed by atoms with Crippen LogP contribution in [0.25, 0.3) is 0 Å². The van der Waals surface area contributed by atoms with Crippen molar-refractivity contribution in [3.63, 3.8) is 0 Å². The Hall–Kier alpha value is -1.81. The third kappa shape index (κ3) is 6.38. The van der Waals surface area contributed by atoms with Crippen molar-refractivity contribution in [3.05, 3.63) is 42.0 Å². The third-order valence-electron chi connectivity index (χ3n) is 3.02. The van der Waals surface area contributed by atoms with E-state index in [4.69, 9.17) is 10.5 Å². The van der Waals surface area contributed by atoms with Crippen molar-refractivity contribution < 1.29 is 9.53 Å². The molecule has 0 heterocycles. The molecule has 0 aliphatic carbocycles. The van der Waals surface area contributed by atoms with Crippen LogP contribution in [0.4, 0.5) is 0 Å². The van der Waals surface area contributed by atoms with E-state index in [1.165, 1.54) is 5.56 Å². The van der Waals surface area contributed by atoms with Crippen LogP contribution in [0.3, 0.4) is 0 Å². The highest BCUT2D eigenvalue weighted by Gasteiger charge is 2.00. The van der Waals surface area contributed by atoms with Gasteiger partial charge in [0.1, 0.15) is 5.75 Å². The van der Waals surface area contributed by atoms with Gasteiger partial charge in [0, 0.05) is 6.54 Å². The van der Waals surface area contributed by atoms with E-state index in [2.05, 4.69) is 18.2 Å². The molecular weight excluding hydrogens is 252 g/mol. The van der Waals surface area contributed by atoms with Crippen LogP contribution in [0.2, 0.25) is 0 Å². The number of allylic oxidation sites excluding steroid dienone is 1. The quantitative estimate of drug-likeness (QED) is 0.554. The first-order valence-corrected chi connectivity index (χ1v) is 6.87. The molecule has 1 amide bonds. The zero-order chi connectivity index (χ0) is 14.8. The summed E-state index contributed by atoms with van der Waals surface area (Å²) in [6.45, 7) is 1.04. The molecule has 1 aromatic rings. The number of aryl methyl sites for hydroxylation is 1. The molecule has 0 unspecified atom stereocenters. The lowest BCUT2D eigenvalue weighted by Gasteiger charge is -2.10. The number of benzene rings is 1. The number of likely N-dealkylation sites (N-methyl/N-ethyl adjacent to an activating group) is 1. The molecule has 0 atom stereocenters. The highest BCUT2D eigenvalue weighted by Crippen LogP contribution is 2.19. The van der Waals surface area contributed by atoms with Gasteiger partial charge in [0.25, 0.3) is 0 Å². The van der Waals surface area contributed by atoms with Gasteiger partial charge in [-0.25, -0.2) is 0 Å². The molecule has 0 fully saturated rings. The lowest BCUT2D eigenvalue weighted by atomic mass is 10.1. The number of rotatable bonds is 9. The molecule has 4 heteroatoms. The second-order valence-electron chi connectivity index (χ2n) is 4.84. The minimum atomic E-state index is -0.294. The van der Waals surface area contributed by atoms with Crippen LogP contribution >= 0.6 is 0 Å². The first-order chi connectivity index (χ1) is 9.63. The van der Waals surface area contributed by atoms with E-state index >= 15 is 0 Å². The second-order valence-corrected chi connectivity index (χ2v) is 4.84. The summed E-state index contributed by atoms with van der Waals surface area (Å²) in [6, 6.07) is 8.11. The van der Waals surface area contributed by atoms with Crippen molar-refractivity contribution in [2.24, 2.45) is 5.73 Å². The molecule has 0 aliphatic heterocycles. The topological polar surface area (TPSA) is 55.6 Å². The molecule has 0 saturated heterocycles. The fourth-order valence-electron chi connectivity index (χ4n) is 2.02. The third-order valence-corrected chi connectivity index (χ3v) is 3.02. The summed E-state index contributed by atoms with van der Waals surface area (Å²) in [4.78, 5) is 12.6. The number of carbonyl (C=O) groups excluding carboxylic acids is 1. The van der Waals surface area contributed by atoms with Crippen molar-refractivity contribution in [1.29, 1.82) is 0 Å².